The number of hydrogen-bond acceptors (Lipinski definition) is 3. The van der Waals surface area contributed by atoms with Crippen LogP contribution in [-0.4, -0.2) is 11.1 Å². The predicted octanol–water partition coefficient (Wildman–Crippen LogP) is 2.64. The van der Waals surface area contributed by atoms with Crippen LogP contribution in [0.5, 0.6) is 0 Å². The Labute approximate surface area is 101 Å². The van der Waals surface area contributed by atoms with Crippen LogP contribution in [0.3, 0.4) is 0 Å². The van der Waals surface area contributed by atoms with Crippen LogP contribution in [0.25, 0.3) is 21.7 Å². The second-order valence-electron chi connectivity index (χ2n) is 3.94. The van der Waals surface area contributed by atoms with Crippen molar-refractivity contribution in [2.75, 3.05) is 0 Å². The first-order chi connectivity index (χ1) is 8.68. The summed E-state index contributed by atoms with van der Waals surface area (Å²) in [5.74, 6) is -1.28. The Balaban J connectivity index is 2.59. The van der Waals surface area contributed by atoms with Gasteiger partial charge in [0, 0.05) is 0 Å². The first-order valence-corrected chi connectivity index (χ1v) is 5.35. The molecule has 2 aromatic carbocycles. The molecule has 0 saturated heterocycles. The molecule has 1 N–H and O–H groups in total. The molecule has 0 aliphatic carbocycles. The first kappa shape index (κ1) is 10.5. The Kier molecular flexibility index (Phi) is 2.16. The van der Waals surface area contributed by atoms with Gasteiger partial charge in [0.1, 0.15) is 17.4 Å². The van der Waals surface area contributed by atoms with Crippen molar-refractivity contribution in [1.29, 1.82) is 0 Å². The van der Waals surface area contributed by atoms with Crippen LogP contribution in [0.2, 0.25) is 0 Å². The molecule has 88 valence electrons. The van der Waals surface area contributed by atoms with E-state index in [0.717, 1.165) is 11.6 Å². The molecular weight excluding hydrogens is 232 g/mol. The molecule has 0 aliphatic rings. The third-order valence-corrected chi connectivity index (χ3v) is 2.90. The van der Waals surface area contributed by atoms with Gasteiger partial charge in [-0.2, -0.15) is 0 Å². The molecule has 0 unspecified atom stereocenters. The molecule has 1 heterocycles. The summed E-state index contributed by atoms with van der Waals surface area (Å²) in [5.41, 5.74) is -0.469. The van der Waals surface area contributed by atoms with Gasteiger partial charge in [-0.05, 0) is 16.8 Å². The van der Waals surface area contributed by atoms with Gasteiger partial charge in [0.05, 0.1) is 5.39 Å². The molecule has 3 rings (SSSR count). The molecule has 0 atom stereocenters. The quantitative estimate of drug-likeness (QED) is 0.664. The molecule has 3 aromatic rings. The molecule has 0 amide bonds. The van der Waals surface area contributed by atoms with E-state index < -0.39 is 11.4 Å². The van der Waals surface area contributed by atoms with Crippen LogP contribution in [0.1, 0.15) is 10.4 Å². The summed E-state index contributed by atoms with van der Waals surface area (Å²) in [5, 5.41) is 10.8. The van der Waals surface area contributed by atoms with Crippen molar-refractivity contribution < 1.29 is 14.3 Å². The lowest BCUT2D eigenvalue weighted by Crippen LogP contribution is -2.14. The van der Waals surface area contributed by atoms with E-state index >= 15 is 0 Å². The van der Waals surface area contributed by atoms with Gasteiger partial charge in [0.15, 0.2) is 0 Å². The lowest BCUT2D eigenvalue weighted by Gasteiger charge is -2.03. The largest absolute Gasteiger partial charge is 0.477 e. The van der Waals surface area contributed by atoms with Crippen LogP contribution in [0.15, 0.2) is 51.9 Å². The van der Waals surface area contributed by atoms with Crippen molar-refractivity contribution in [1.82, 2.24) is 0 Å². The number of hydrogen-bond donors (Lipinski definition) is 1. The average Bonchev–Trinajstić information content (AvgIpc) is 2.38. The lowest BCUT2D eigenvalue weighted by atomic mass is 10.0. The third-order valence-electron chi connectivity index (χ3n) is 2.90. The summed E-state index contributed by atoms with van der Waals surface area (Å²) in [4.78, 5) is 23.1. The average molecular weight is 240 g/mol. The Morgan fingerprint density at radius 2 is 1.89 bits per heavy atom. The van der Waals surface area contributed by atoms with Gasteiger partial charge in [-0.15, -0.1) is 0 Å². The van der Waals surface area contributed by atoms with Gasteiger partial charge >= 0.3 is 5.97 Å². The summed E-state index contributed by atoms with van der Waals surface area (Å²) in [6, 6.07) is 10.8. The second-order valence-corrected chi connectivity index (χ2v) is 3.94. The van der Waals surface area contributed by atoms with Crippen LogP contribution in [0, 0.1) is 0 Å². The van der Waals surface area contributed by atoms with E-state index in [-0.39, 0.29) is 5.56 Å². The molecule has 4 nitrogen and oxygen atoms in total. The molecule has 0 spiro atoms. The van der Waals surface area contributed by atoms with Crippen molar-refractivity contribution >= 4 is 27.7 Å². The minimum Gasteiger partial charge on any atom is -0.477 e. The molecule has 1 aromatic heterocycles. The fraction of sp³-hybridized carbons (Fsp3) is 0. The maximum atomic E-state index is 12.1. The van der Waals surface area contributed by atoms with Gasteiger partial charge in [-0.25, -0.2) is 4.79 Å². The minimum absolute atomic E-state index is 0.313. The maximum absolute atomic E-state index is 12.1. The highest BCUT2D eigenvalue weighted by Crippen LogP contribution is 2.22. The van der Waals surface area contributed by atoms with Crippen LogP contribution >= 0.6 is 0 Å². The summed E-state index contributed by atoms with van der Waals surface area (Å²) < 4.78 is 5.21. The van der Waals surface area contributed by atoms with Gasteiger partial charge in [0.25, 0.3) is 0 Å². The van der Waals surface area contributed by atoms with Gasteiger partial charge in [-0.1, -0.05) is 30.3 Å². The topological polar surface area (TPSA) is 67.5 Å². The highest BCUT2D eigenvalue weighted by molar-refractivity contribution is 6.07. The second kappa shape index (κ2) is 3.70. The van der Waals surface area contributed by atoms with E-state index in [1.54, 1.807) is 18.2 Å². The van der Waals surface area contributed by atoms with Crippen molar-refractivity contribution in [3.05, 3.63) is 58.4 Å². The third kappa shape index (κ3) is 1.39. The SMILES string of the molecule is O=C(O)c1coc2ccc3ccccc3c2c1=O. The number of carboxylic acid groups (broad SMARTS) is 1. The lowest BCUT2D eigenvalue weighted by molar-refractivity contribution is 0.0693. The predicted molar refractivity (Wildman–Crippen MR) is 66.9 cm³/mol. The molecule has 4 heteroatoms. The van der Waals surface area contributed by atoms with Gasteiger partial charge in [0.2, 0.25) is 5.43 Å². The summed E-state index contributed by atoms with van der Waals surface area (Å²) in [6.07, 6.45) is 0.988. The van der Waals surface area contributed by atoms with Crippen LogP contribution < -0.4 is 5.43 Å². The summed E-state index contributed by atoms with van der Waals surface area (Å²) >= 11 is 0. The van der Waals surface area contributed by atoms with E-state index in [1.807, 2.05) is 18.2 Å². The molecule has 0 aliphatic heterocycles. The Hall–Kier alpha value is -2.62. The number of fused-ring (bicyclic) bond motifs is 3. The Bertz CT molecular complexity index is 830. The molecule has 0 radical (unpaired) electrons. The zero-order valence-corrected chi connectivity index (χ0v) is 9.21. The highest BCUT2D eigenvalue weighted by Gasteiger charge is 2.14. The Morgan fingerprint density at radius 3 is 2.67 bits per heavy atom. The highest BCUT2D eigenvalue weighted by atomic mass is 16.4. The minimum atomic E-state index is -1.28. The van der Waals surface area contributed by atoms with Gasteiger partial charge < -0.3 is 9.52 Å². The molecule has 0 bridgehead atoms. The molecular formula is C14H8O4. The molecule has 0 fully saturated rings. The summed E-state index contributed by atoms with van der Waals surface area (Å²) in [7, 11) is 0. The zero-order valence-electron chi connectivity index (χ0n) is 9.21. The zero-order chi connectivity index (χ0) is 12.7. The fourth-order valence-electron chi connectivity index (χ4n) is 2.04. The van der Waals surface area contributed by atoms with Crippen LogP contribution in [0.4, 0.5) is 0 Å². The summed E-state index contributed by atoms with van der Waals surface area (Å²) in [6.45, 7) is 0. The van der Waals surface area contributed by atoms with E-state index in [0.29, 0.717) is 16.4 Å². The monoisotopic (exact) mass is 240 g/mol. The van der Waals surface area contributed by atoms with Crippen molar-refractivity contribution in [3.8, 4) is 0 Å². The van der Waals surface area contributed by atoms with Crippen LogP contribution in [-0.2, 0) is 0 Å². The molecule has 18 heavy (non-hydrogen) atoms. The van der Waals surface area contributed by atoms with Crippen molar-refractivity contribution in [2.24, 2.45) is 0 Å². The number of benzene rings is 2. The van der Waals surface area contributed by atoms with E-state index in [4.69, 9.17) is 9.52 Å². The van der Waals surface area contributed by atoms with Crippen molar-refractivity contribution in [2.45, 2.75) is 0 Å². The Morgan fingerprint density at radius 1 is 1.11 bits per heavy atom. The maximum Gasteiger partial charge on any atom is 0.342 e. The first-order valence-electron chi connectivity index (χ1n) is 5.35. The molecule has 0 saturated carbocycles. The van der Waals surface area contributed by atoms with E-state index in [1.165, 1.54) is 0 Å². The number of aromatic carboxylic acids is 1. The van der Waals surface area contributed by atoms with E-state index in [2.05, 4.69) is 0 Å². The standard InChI is InChI=1S/C14H8O4/c15-13-10(14(16)17)7-18-11-6-5-8-3-1-2-4-9(8)12(11)13/h1-7H,(H,16,17). The smallest absolute Gasteiger partial charge is 0.342 e. The van der Waals surface area contributed by atoms with Gasteiger partial charge in [-0.3, -0.25) is 4.79 Å². The number of rotatable bonds is 1. The van der Waals surface area contributed by atoms with Crippen molar-refractivity contribution in [3.63, 3.8) is 0 Å². The van der Waals surface area contributed by atoms with E-state index in [9.17, 15) is 9.59 Å². The number of carboxylic acids is 1. The number of carbonyl (C=O) groups is 1. The normalized spacial score (nSPS) is 10.9. The fourth-order valence-corrected chi connectivity index (χ4v) is 2.04.